The van der Waals surface area contributed by atoms with Crippen molar-refractivity contribution in [2.45, 2.75) is 19.8 Å². The lowest BCUT2D eigenvalue weighted by Gasteiger charge is -2.12. The molecule has 1 aromatic carbocycles. The lowest BCUT2D eigenvalue weighted by Crippen LogP contribution is -2.00. The molecule has 0 atom stereocenters. The second-order valence-electron chi connectivity index (χ2n) is 4.26. The van der Waals surface area contributed by atoms with Crippen LogP contribution in [0.25, 0.3) is 10.9 Å². The van der Waals surface area contributed by atoms with Gasteiger partial charge in [-0.25, -0.2) is 9.37 Å². The molecular weight excluding hydrogens is 219 g/mol. The summed E-state index contributed by atoms with van der Waals surface area (Å²) in [6.07, 6.45) is 0. The second-order valence-corrected chi connectivity index (χ2v) is 4.26. The highest BCUT2D eigenvalue weighted by molar-refractivity contribution is 5.96. The highest BCUT2D eigenvalue weighted by atomic mass is 19.1. The molecule has 17 heavy (non-hydrogen) atoms. The van der Waals surface area contributed by atoms with Crippen molar-refractivity contribution >= 4 is 16.6 Å². The van der Waals surface area contributed by atoms with E-state index in [0.717, 1.165) is 5.69 Å². The number of hydrogen-bond donors (Lipinski definition) is 1. The number of ether oxygens (including phenoxy) is 1. The van der Waals surface area contributed by atoms with Crippen LogP contribution < -0.4 is 10.5 Å². The average molecular weight is 234 g/mol. The second kappa shape index (κ2) is 4.20. The first-order valence-corrected chi connectivity index (χ1v) is 5.47. The third-order valence-corrected chi connectivity index (χ3v) is 2.73. The van der Waals surface area contributed by atoms with Crippen LogP contribution in [0.5, 0.6) is 5.75 Å². The SMILES string of the molecule is COc1ccc(F)c2nc(C(C)C)cc(N)c12. The van der Waals surface area contributed by atoms with E-state index in [4.69, 9.17) is 10.5 Å². The number of halogens is 1. The van der Waals surface area contributed by atoms with Gasteiger partial charge in [0, 0.05) is 11.4 Å². The van der Waals surface area contributed by atoms with Gasteiger partial charge in [0.05, 0.1) is 12.5 Å². The minimum Gasteiger partial charge on any atom is -0.496 e. The fourth-order valence-corrected chi connectivity index (χ4v) is 1.79. The van der Waals surface area contributed by atoms with Crippen LogP contribution in [-0.2, 0) is 0 Å². The Morgan fingerprint density at radius 2 is 2.06 bits per heavy atom. The fraction of sp³-hybridized carbons (Fsp3) is 0.308. The predicted octanol–water partition coefficient (Wildman–Crippen LogP) is 3.09. The van der Waals surface area contributed by atoms with Crippen LogP contribution in [0.2, 0.25) is 0 Å². The average Bonchev–Trinajstić information content (AvgIpc) is 2.30. The molecule has 0 fully saturated rings. The van der Waals surface area contributed by atoms with E-state index in [1.54, 1.807) is 12.1 Å². The van der Waals surface area contributed by atoms with Gasteiger partial charge in [-0.2, -0.15) is 0 Å². The number of benzene rings is 1. The van der Waals surface area contributed by atoms with Gasteiger partial charge in [0.2, 0.25) is 0 Å². The number of fused-ring (bicyclic) bond motifs is 1. The lowest BCUT2D eigenvalue weighted by atomic mass is 10.1. The fourth-order valence-electron chi connectivity index (χ4n) is 1.79. The monoisotopic (exact) mass is 234 g/mol. The number of nitrogens with two attached hydrogens (primary N) is 1. The first-order chi connectivity index (χ1) is 8.04. The largest absolute Gasteiger partial charge is 0.496 e. The number of hydrogen-bond acceptors (Lipinski definition) is 3. The summed E-state index contributed by atoms with van der Waals surface area (Å²) < 4.78 is 18.9. The first kappa shape index (κ1) is 11.6. The Labute approximate surface area is 99.4 Å². The van der Waals surface area contributed by atoms with Gasteiger partial charge in [0.1, 0.15) is 17.1 Å². The Balaban J connectivity index is 2.84. The number of rotatable bonds is 2. The summed E-state index contributed by atoms with van der Waals surface area (Å²) in [5.74, 6) is 0.365. The van der Waals surface area contributed by atoms with Crippen molar-refractivity contribution in [3.8, 4) is 5.75 Å². The molecule has 0 spiro atoms. The summed E-state index contributed by atoms with van der Waals surface area (Å²) in [4.78, 5) is 4.31. The molecule has 0 saturated heterocycles. The third-order valence-electron chi connectivity index (χ3n) is 2.73. The molecule has 0 amide bonds. The van der Waals surface area contributed by atoms with E-state index >= 15 is 0 Å². The maximum absolute atomic E-state index is 13.8. The van der Waals surface area contributed by atoms with Gasteiger partial charge >= 0.3 is 0 Å². The summed E-state index contributed by atoms with van der Waals surface area (Å²) in [7, 11) is 1.53. The molecule has 0 saturated carbocycles. The summed E-state index contributed by atoms with van der Waals surface area (Å²) in [6.45, 7) is 3.98. The van der Waals surface area contributed by atoms with Gasteiger partial charge < -0.3 is 10.5 Å². The molecule has 4 heteroatoms. The van der Waals surface area contributed by atoms with Crippen molar-refractivity contribution in [3.05, 3.63) is 29.7 Å². The Kier molecular flexibility index (Phi) is 2.88. The van der Waals surface area contributed by atoms with Gasteiger partial charge in [0.15, 0.2) is 0 Å². The van der Waals surface area contributed by atoms with Crippen LogP contribution in [0.1, 0.15) is 25.5 Å². The highest BCUT2D eigenvalue weighted by Gasteiger charge is 2.13. The van der Waals surface area contributed by atoms with E-state index in [9.17, 15) is 4.39 Å². The maximum atomic E-state index is 13.8. The Morgan fingerprint density at radius 1 is 1.35 bits per heavy atom. The van der Waals surface area contributed by atoms with E-state index in [-0.39, 0.29) is 17.3 Å². The summed E-state index contributed by atoms with van der Waals surface area (Å²) >= 11 is 0. The molecule has 0 bridgehead atoms. The van der Waals surface area contributed by atoms with Crippen molar-refractivity contribution in [2.24, 2.45) is 0 Å². The first-order valence-electron chi connectivity index (χ1n) is 5.47. The quantitative estimate of drug-likeness (QED) is 0.868. The van der Waals surface area contributed by atoms with E-state index in [1.807, 2.05) is 13.8 Å². The molecule has 1 aromatic heterocycles. The normalized spacial score (nSPS) is 11.1. The van der Waals surface area contributed by atoms with Crippen molar-refractivity contribution in [1.29, 1.82) is 0 Å². The number of aromatic nitrogens is 1. The number of anilines is 1. The molecular formula is C13H15FN2O. The molecule has 0 radical (unpaired) electrons. The molecule has 2 aromatic rings. The molecule has 0 unspecified atom stereocenters. The minimum absolute atomic E-state index is 0.201. The van der Waals surface area contributed by atoms with Gasteiger partial charge in [0.25, 0.3) is 0 Å². The number of pyridine rings is 1. The van der Waals surface area contributed by atoms with Crippen LogP contribution in [-0.4, -0.2) is 12.1 Å². The molecule has 2 N–H and O–H groups in total. The Bertz CT molecular complexity index is 567. The molecule has 1 heterocycles. The number of nitrogens with zero attached hydrogens (tertiary/aromatic N) is 1. The zero-order valence-electron chi connectivity index (χ0n) is 10.1. The van der Waals surface area contributed by atoms with Crippen molar-refractivity contribution < 1.29 is 9.13 Å². The van der Waals surface area contributed by atoms with Crippen molar-refractivity contribution in [2.75, 3.05) is 12.8 Å². The van der Waals surface area contributed by atoms with Gasteiger partial charge in [-0.3, -0.25) is 0 Å². The standard InChI is InChI=1S/C13H15FN2O/c1-7(2)10-6-9(15)12-11(17-3)5-4-8(14)13(12)16-10/h4-7H,1-3H3,(H2,15,16). The predicted molar refractivity (Wildman–Crippen MR) is 66.8 cm³/mol. The number of nitrogen functional groups attached to an aromatic ring is 1. The van der Waals surface area contributed by atoms with E-state index in [2.05, 4.69) is 4.98 Å². The summed E-state index contributed by atoms with van der Waals surface area (Å²) in [6, 6.07) is 4.68. The molecule has 0 aliphatic rings. The Hall–Kier alpha value is -1.84. The zero-order chi connectivity index (χ0) is 12.6. The van der Waals surface area contributed by atoms with E-state index in [0.29, 0.717) is 16.8 Å². The summed E-state index contributed by atoms with van der Waals surface area (Å²) in [5, 5.41) is 0.539. The number of methoxy groups -OCH3 is 1. The third kappa shape index (κ3) is 1.90. The van der Waals surface area contributed by atoms with Crippen LogP contribution in [0.4, 0.5) is 10.1 Å². The zero-order valence-corrected chi connectivity index (χ0v) is 10.1. The lowest BCUT2D eigenvalue weighted by molar-refractivity contribution is 0.419. The molecule has 0 aliphatic heterocycles. The minimum atomic E-state index is -0.380. The van der Waals surface area contributed by atoms with Gasteiger partial charge in [-0.1, -0.05) is 13.8 Å². The van der Waals surface area contributed by atoms with Gasteiger partial charge in [-0.05, 0) is 24.1 Å². The highest BCUT2D eigenvalue weighted by Crippen LogP contribution is 2.33. The maximum Gasteiger partial charge on any atom is 0.149 e. The van der Waals surface area contributed by atoms with Crippen LogP contribution in [0.15, 0.2) is 18.2 Å². The topological polar surface area (TPSA) is 48.1 Å². The molecule has 3 nitrogen and oxygen atoms in total. The van der Waals surface area contributed by atoms with E-state index in [1.165, 1.54) is 13.2 Å². The van der Waals surface area contributed by atoms with Crippen LogP contribution >= 0.6 is 0 Å². The van der Waals surface area contributed by atoms with E-state index < -0.39 is 0 Å². The smallest absolute Gasteiger partial charge is 0.149 e. The van der Waals surface area contributed by atoms with Gasteiger partial charge in [-0.15, -0.1) is 0 Å². The molecule has 0 aliphatic carbocycles. The van der Waals surface area contributed by atoms with Crippen molar-refractivity contribution in [3.63, 3.8) is 0 Å². The van der Waals surface area contributed by atoms with Crippen molar-refractivity contribution in [1.82, 2.24) is 4.98 Å². The van der Waals surface area contributed by atoms with Crippen LogP contribution in [0, 0.1) is 5.82 Å². The summed E-state index contributed by atoms with van der Waals surface area (Å²) in [5.41, 5.74) is 7.50. The molecule has 90 valence electrons. The molecule has 2 rings (SSSR count). The van der Waals surface area contributed by atoms with Crippen LogP contribution in [0.3, 0.4) is 0 Å². The Morgan fingerprint density at radius 3 is 2.65 bits per heavy atom.